The van der Waals surface area contributed by atoms with E-state index in [1.165, 1.54) is 49.4 Å². The number of nitro groups is 1. The fourth-order valence-electron chi connectivity index (χ4n) is 2.58. The van der Waals surface area contributed by atoms with Crippen LogP contribution in [0.5, 0.6) is 0 Å². The number of non-ortho nitro benzene ring substituents is 1. The second kappa shape index (κ2) is 11.9. The van der Waals surface area contributed by atoms with Gasteiger partial charge in [0.2, 0.25) is 0 Å². The number of azo groups is 1. The van der Waals surface area contributed by atoms with Gasteiger partial charge < -0.3 is 19.9 Å². The van der Waals surface area contributed by atoms with Crippen molar-refractivity contribution in [2.75, 3.05) is 18.5 Å². The number of esters is 2. The van der Waals surface area contributed by atoms with E-state index in [1.807, 2.05) is 0 Å². The highest BCUT2D eigenvalue weighted by atomic mass is 16.6. The summed E-state index contributed by atoms with van der Waals surface area (Å²) in [5, 5.41) is 30.8. The molecule has 0 spiro atoms. The topological polar surface area (TPSA) is 170 Å². The smallest absolute Gasteiger partial charge is 0.340 e. The first kappa shape index (κ1) is 25.6. The summed E-state index contributed by atoms with van der Waals surface area (Å²) in [6.07, 6.45) is 0. The van der Waals surface area contributed by atoms with Crippen LogP contribution >= 0.6 is 0 Å². The summed E-state index contributed by atoms with van der Waals surface area (Å²) < 4.78 is 9.92. The number of amides is 1. The average Bonchev–Trinajstić information content (AvgIpc) is 2.79. The van der Waals surface area contributed by atoms with Crippen molar-refractivity contribution >= 4 is 34.9 Å². The molecule has 0 saturated carbocycles. The van der Waals surface area contributed by atoms with E-state index in [2.05, 4.69) is 15.5 Å². The van der Waals surface area contributed by atoms with Crippen LogP contribution < -0.4 is 5.32 Å². The first-order valence-corrected chi connectivity index (χ1v) is 10.0. The van der Waals surface area contributed by atoms with E-state index in [1.54, 1.807) is 13.8 Å². The van der Waals surface area contributed by atoms with E-state index in [-0.39, 0.29) is 41.4 Å². The molecular weight excluding hydrogens is 448 g/mol. The molecule has 0 saturated heterocycles. The Morgan fingerprint density at radius 2 is 1.65 bits per heavy atom. The zero-order valence-corrected chi connectivity index (χ0v) is 18.6. The van der Waals surface area contributed by atoms with Crippen molar-refractivity contribution in [3.63, 3.8) is 0 Å². The SMILES string of the molecule is CCOC(=O)c1ccc(C(=O)OCC)c(N=N/C(C(=O)Nc2ccc([N+](=O)[O-])cc2)=C(\C)O)c1. The van der Waals surface area contributed by atoms with E-state index in [0.29, 0.717) is 0 Å². The zero-order chi connectivity index (χ0) is 25.3. The minimum atomic E-state index is -0.864. The number of anilines is 1. The van der Waals surface area contributed by atoms with Crippen LogP contribution in [0.4, 0.5) is 17.1 Å². The van der Waals surface area contributed by atoms with E-state index >= 15 is 0 Å². The van der Waals surface area contributed by atoms with Gasteiger partial charge in [-0.3, -0.25) is 14.9 Å². The molecule has 12 heteroatoms. The first-order chi connectivity index (χ1) is 16.2. The molecule has 0 bridgehead atoms. The third-order valence-electron chi connectivity index (χ3n) is 4.16. The molecule has 2 aromatic carbocycles. The molecule has 2 rings (SSSR count). The van der Waals surface area contributed by atoms with Crippen LogP contribution in [0.15, 0.2) is 64.1 Å². The fourth-order valence-corrected chi connectivity index (χ4v) is 2.58. The number of allylic oxidation sites excluding steroid dienone is 1. The molecule has 2 N–H and O–H groups in total. The number of ether oxygens (including phenoxy) is 2. The Labute approximate surface area is 194 Å². The van der Waals surface area contributed by atoms with Gasteiger partial charge in [0, 0.05) is 17.8 Å². The van der Waals surface area contributed by atoms with Crippen LogP contribution in [0.25, 0.3) is 0 Å². The summed E-state index contributed by atoms with van der Waals surface area (Å²) in [6, 6.07) is 8.91. The van der Waals surface area contributed by atoms with E-state index in [4.69, 9.17) is 9.47 Å². The quantitative estimate of drug-likeness (QED) is 0.135. The molecule has 0 atom stereocenters. The van der Waals surface area contributed by atoms with Gasteiger partial charge in [0.1, 0.15) is 11.4 Å². The van der Waals surface area contributed by atoms with Gasteiger partial charge in [0.05, 0.1) is 29.3 Å². The zero-order valence-electron chi connectivity index (χ0n) is 18.6. The molecule has 0 aliphatic rings. The van der Waals surface area contributed by atoms with Gasteiger partial charge in [0.25, 0.3) is 11.6 Å². The Balaban J connectivity index is 2.37. The van der Waals surface area contributed by atoms with Gasteiger partial charge >= 0.3 is 11.9 Å². The van der Waals surface area contributed by atoms with Crippen LogP contribution in [-0.2, 0) is 14.3 Å². The number of aliphatic hydroxyl groups excluding tert-OH is 1. The largest absolute Gasteiger partial charge is 0.510 e. The van der Waals surface area contributed by atoms with Crippen LogP contribution in [0.3, 0.4) is 0 Å². The Bertz CT molecular complexity index is 1150. The third kappa shape index (κ3) is 6.69. The lowest BCUT2D eigenvalue weighted by Crippen LogP contribution is -2.14. The molecule has 0 aliphatic carbocycles. The lowest BCUT2D eigenvalue weighted by Gasteiger charge is -2.08. The van der Waals surface area contributed by atoms with E-state index in [0.717, 1.165) is 0 Å². The maximum Gasteiger partial charge on any atom is 0.340 e. The summed E-state index contributed by atoms with van der Waals surface area (Å²) in [6.45, 7) is 4.67. The lowest BCUT2D eigenvalue weighted by molar-refractivity contribution is -0.384. The molecule has 0 fully saturated rings. The van der Waals surface area contributed by atoms with Crippen molar-refractivity contribution in [2.24, 2.45) is 10.2 Å². The number of hydrogen-bond acceptors (Lipinski definition) is 10. The molecule has 0 unspecified atom stereocenters. The van der Waals surface area contributed by atoms with Gasteiger partial charge in [-0.25, -0.2) is 9.59 Å². The van der Waals surface area contributed by atoms with Crippen molar-refractivity contribution < 1.29 is 33.9 Å². The standard InChI is InChI=1S/C22H22N4O8/c1-4-33-21(29)14-6-11-17(22(30)34-5-2)18(12-14)24-25-19(13(3)27)20(28)23-15-7-9-16(10-8-15)26(31)32/h6-12,27H,4-5H2,1-3H3,(H,23,28)/b19-13+,25-24?. The second-order valence-corrected chi connectivity index (χ2v) is 6.56. The Hall–Kier alpha value is -4.61. The van der Waals surface area contributed by atoms with Gasteiger partial charge in [-0.1, -0.05) is 0 Å². The maximum absolute atomic E-state index is 12.6. The van der Waals surface area contributed by atoms with Crippen LogP contribution in [0.1, 0.15) is 41.5 Å². The monoisotopic (exact) mass is 470 g/mol. The van der Waals surface area contributed by atoms with Gasteiger partial charge in [-0.2, -0.15) is 0 Å². The van der Waals surface area contributed by atoms with E-state index < -0.39 is 34.2 Å². The molecule has 0 radical (unpaired) electrons. The van der Waals surface area contributed by atoms with Crippen molar-refractivity contribution in [3.05, 3.63) is 75.2 Å². The normalized spacial score (nSPS) is 11.5. The molecule has 34 heavy (non-hydrogen) atoms. The summed E-state index contributed by atoms with van der Waals surface area (Å²) in [5.74, 6) is -2.73. The molecule has 0 aliphatic heterocycles. The molecule has 0 aromatic heterocycles. The summed E-state index contributed by atoms with van der Waals surface area (Å²) in [4.78, 5) is 47.1. The number of hydrogen-bond donors (Lipinski definition) is 2. The van der Waals surface area contributed by atoms with Gasteiger partial charge in [-0.05, 0) is 51.1 Å². The number of aliphatic hydroxyl groups is 1. The molecule has 1 amide bonds. The Morgan fingerprint density at radius 1 is 1.03 bits per heavy atom. The van der Waals surface area contributed by atoms with Crippen molar-refractivity contribution in [3.8, 4) is 0 Å². The Morgan fingerprint density at radius 3 is 2.21 bits per heavy atom. The predicted molar refractivity (Wildman–Crippen MR) is 120 cm³/mol. The number of carbonyl (C=O) groups excluding carboxylic acids is 3. The van der Waals surface area contributed by atoms with Crippen molar-refractivity contribution in [1.29, 1.82) is 0 Å². The third-order valence-corrected chi connectivity index (χ3v) is 4.16. The highest BCUT2D eigenvalue weighted by Crippen LogP contribution is 2.25. The summed E-state index contributed by atoms with van der Waals surface area (Å²) in [7, 11) is 0. The van der Waals surface area contributed by atoms with Crippen molar-refractivity contribution in [1.82, 2.24) is 0 Å². The highest BCUT2D eigenvalue weighted by molar-refractivity contribution is 6.04. The Kier molecular flexibility index (Phi) is 8.94. The minimum absolute atomic E-state index is 0.0237. The predicted octanol–water partition coefficient (Wildman–Crippen LogP) is 4.46. The lowest BCUT2D eigenvalue weighted by atomic mass is 10.1. The van der Waals surface area contributed by atoms with Gasteiger partial charge in [-0.15, -0.1) is 10.2 Å². The first-order valence-electron chi connectivity index (χ1n) is 10.0. The minimum Gasteiger partial charge on any atom is -0.510 e. The van der Waals surface area contributed by atoms with E-state index in [9.17, 15) is 29.6 Å². The van der Waals surface area contributed by atoms with Gasteiger partial charge in [0.15, 0.2) is 5.70 Å². The molecule has 12 nitrogen and oxygen atoms in total. The van der Waals surface area contributed by atoms with Crippen LogP contribution in [0, 0.1) is 10.1 Å². The number of nitrogens with zero attached hydrogens (tertiary/aromatic N) is 3. The number of nitrogens with one attached hydrogen (secondary N) is 1. The van der Waals surface area contributed by atoms with Crippen LogP contribution in [-0.4, -0.2) is 41.1 Å². The molecule has 2 aromatic rings. The number of benzene rings is 2. The average molecular weight is 470 g/mol. The summed E-state index contributed by atoms with van der Waals surface area (Å²) >= 11 is 0. The van der Waals surface area contributed by atoms with Crippen molar-refractivity contribution in [2.45, 2.75) is 20.8 Å². The number of nitro benzene ring substituents is 1. The highest BCUT2D eigenvalue weighted by Gasteiger charge is 2.18. The summed E-state index contributed by atoms with van der Waals surface area (Å²) in [5.41, 5.74) is -0.476. The second-order valence-electron chi connectivity index (χ2n) is 6.56. The molecular formula is C22H22N4O8. The molecule has 0 heterocycles. The molecule has 178 valence electrons. The fraction of sp³-hybridized carbons (Fsp3) is 0.227. The maximum atomic E-state index is 12.6. The van der Waals surface area contributed by atoms with Crippen LogP contribution in [0.2, 0.25) is 0 Å². The number of rotatable bonds is 9. The number of carbonyl (C=O) groups is 3.